The number of phenols is 1. The van der Waals surface area contributed by atoms with Gasteiger partial charge in [0.1, 0.15) is 4.90 Å². The van der Waals surface area contributed by atoms with Gasteiger partial charge in [-0.2, -0.15) is 4.31 Å². The van der Waals surface area contributed by atoms with Gasteiger partial charge in [-0.3, -0.25) is 0 Å². The molecule has 0 spiro atoms. The Hall–Kier alpha value is -1.91. The van der Waals surface area contributed by atoms with E-state index in [4.69, 9.17) is 11.6 Å². The van der Waals surface area contributed by atoms with Crippen LogP contribution in [0.5, 0.6) is 5.75 Å². The van der Waals surface area contributed by atoms with Gasteiger partial charge in [0.2, 0.25) is 10.0 Å². The molecule has 154 valence electrons. The first-order valence-corrected chi connectivity index (χ1v) is 10.5. The number of hydrogen-bond donors (Lipinski definition) is 3. The molecule has 1 heterocycles. The number of aromatic hydroxyl groups is 1. The number of rotatable bonds is 4. The van der Waals surface area contributed by atoms with Crippen molar-refractivity contribution in [3.63, 3.8) is 0 Å². The quantitative estimate of drug-likeness (QED) is 0.499. The van der Waals surface area contributed by atoms with Crippen molar-refractivity contribution < 1.29 is 27.1 Å². The standard InChI is InChI=1S/C17H20ClF2N3O4S/c1-10-3-2-4-12(10)21-16(25)22-13-6-5-11(18)15(14(13)24)28(26,27)23-8-7-17(19,20)9-23/h3,5-6,12,24H,2,4,7-9H2,1H3,(H2,21,22,25)/t12-/m1/s1. The van der Waals surface area contributed by atoms with Crippen LogP contribution < -0.4 is 10.6 Å². The lowest BCUT2D eigenvalue weighted by atomic mass is 10.2. The van der Waals surface area contributed by atoms with E-state index in [2.05, 4.69) is 10.6 Å². The third-order valence-electron chi connectivity index (χ3n) is 4.84. The molecule has 7 nitrogen and oxygen atoms in total. The van der Waals surface area contributed by atoms with Crippen LogP contribution in [-0.4, -0.2) is 48.9 Å². The Morgan fingerprint density at radius 3 is 2.68 bits per heavy atom. The van der Waals surface area contributed by atoms with E-state index >= 15 is 0 Å². The lowest BCUT2D eigenvalue weighted by Gasteiger charge is -2.20. The number of alkyl halides is 2. The van der Waals surface area contributed by atoms with Crippen LogP contribution in [0.4, 0.5) is 19.3 Å². The second kappa shape index (κ2) is 7.49. The summed E-state index contributed by atoms with van der Waals surface area (Å²) in [7, 11) is -4.47. The Kier molecular flexibility index (Phi) is 5.57. The molecule has 1 fully saturated rings. The van der Waals surface area contributed by atoms with Gasteiger partial charge >= 0.3 is 6.03 Å². The lowest BCUT2D eigenvalue weighted by molar-refractivity contribution is 0.0183. The molecule has 0 bridgehead atoms. The molecule has 1 atom stereocenters. The number of anilines is 1. The molecule has 3 N–H and O–H groups in total. The van der Waals surface area contributed by atoms with Crippen LogP contribution in [0.3, 0.4) is 0 Å². The van der Waals surface area contributed by atoms with E-state index in [9.17, 15) is 27.1 Å². The SMILES string of the molecule is CC1=CCC[C@H]1NC(=O)Nc1ccc(Cl)c(S(=O)(=O)N2CCC(F)(F)C2)c1O. The molecule has 1 aromatic carbocycles. The molecule has 11 heteroatoms. The maximum absolute atomic E-state index is 13.4. The molecule has 1 aliphatic carbocycles. The second-order valence-corrected chi connectivity index (χ2v) is 9.18. The molecule has 1 aromatic rings. The fourth-order valence-corrected chi connectivity index (χ4v) is 5.34. The van der Waals surface area contributed by atoms with E-state index < -0.39 is 52.1 Å². The van der Waals surface area contributed by atoms with Crippen LogP contribution in [0, 0.1) is 0 Å². The first-order valence-electron chi connectivity index (χ1n) is 8.65. The number of sulfonamides is 1. The monoisotopic (exact) mass is 435 g/mol. The molecular weight excluding hydrogens is 416 g/mol. The maximum Gasteiger partial charge on any atom is 0.319 e. The summed E-state index contributed by atoms with van der Waals surface area (Å²) in [5.41, 5.74) is 0.819. The van der Waals surface area contributed by atoms with Crippen LogP contribution >= 0.6 is 11.6 Å². The van der Waals surface area contributed by atoms with Crippen molar-refractivity contribution in [1.29, 1.82) is 0 Å². The van der Waals surface area contributed by atoms with Gasteiger partial charge in [0.25, 0.3) is 5.92 Å². The number of carbonyl (C=O) groups excluding carboxylic acids is 1. The minimum absolute atomic E-state index is 0.149. The molecule has 2 aliphatic rings. The molecule has 1 saturated heterocycles. The van der Waals surface area contributed by atoms with E-state index in [1.807, 2.05) is 13.0 Å². The third-order valence-corrected chi connectivity index (χ3v) is 7.19. The number of phenolic OH excluding ortho intramolecular Hbond substituents is 1. The smallest absolute Gasteiger partial charge is 0.319 e. The Morgan fingerprint density at radius 1 is 1.39 bits per heavy atom. The summed E-state index contributed by atoms with van der Waals surface area (Å²) in [6.45, 7) is 0.501. The highest BCUT2D eigenvalue weighted by Gasteiger charge is 2.45. The van der Waals surface area contributed by atoms with Crippen molar-refractivity contribution in [1.82, 2.24) is 9.62 Å². The molecule has 2 amide bonds. The third kappa shape index (κ3) is 4.08. The number of carbonyl (C=O) groups is 1. The topological polar surface area (TPSA) is 98.7 Å². The number of benzene rings is 1. The van der Waals surface area contributed by atoms with Crippen molar-refractivity contribution in [3.05, 3.63) is 28.8 Å². The highest BCUT2D eigenvalue weighted by Crippen LogP contribution is 2.40. The van der Waals surface area contributed by atoms with Gasteiger partial charge in [0.15, 0.2) is 5.75 Å². The highest BCUT2D eigenvalue weighted by atomic mass is 35.5. The zero-order chi connectivity index (χ0) is 20.7. The summed E-state index contributed by atoms with van der Waals surface area (Å²) in [4.78, 5) is 11.5. The van der Waals surface area contributed by atoms with Gasteiger partial charge < -0.3 is 15.7 Å². The normalized spacial score (nSPS) is 22.1. The largest absolute Gasteiger partial charge is 0.504 e. The molecule has 28 heavy (non-hydrogen) atoms. The van der Waals surface area contributed by atoms with Gasteiger partial charge in [-0.25, -0.2) is 22.0 Å². The summed E-state index contributed by atoms with van der Waals surface area (Å²) >= 11 is 5.94. The van der Waals surface area contributed by atoms with Crippen LogP contribution in [0.25, 0.3) is 0 Å². The minimum Gasteiger partial charge on any atom is -0.504 e. The Balaban J connectivity index is 1.84. The highest BCUT2D eigenvalue weighted by molar-refractivity contribution is 7.89. The lowest BCUT2D eigenvalue weighted by Crippen LogP contribution is -2.37. The first-order chi connectivity index (χ1) is 13.0. The summed E-state index contributed by atoms with van der Waals surface area (Å²) in [5.74, 6) is -3.94. The number of amides is 2. The summed E-state index contributed by atoms with van der Waals surface area (Å²) in [6, 6.07) is 1.64. The van der Waals surface area contributed by atoms with Crippen molar-refractivity contribution >= 4 is 33.3 Å². The van der Waals surface area contributed by atoms with E-state index in [0.29, 0.717) is 4.31 Å². The zero-order valence-corrected chi connectivity index (χ0v) is 16.6. The number of allylic oxidation sites excluding steroid dienone is 1. The zero-order valence-electron chi connectivity index (χ0n) is 15.0. The number of nitrogens with one attached hydrogen (secondary N) is 2. The predicted molar refractivity (Wildman–Crippen MR) is 100 cm³/mol. The van der Waals surface area contributed by atoms with Crippen LogP contribution in [-0.2, 0) is 10.0 Å². The van der Waals surface area contributed by atoms with Gasteiger partial charge in [0, 0.05) is 13.0 Å². The fourth-order valence-electron chi connectivity index (χ4n) is 3.28. The Morgan fingerprint density at radius 2 is 2.11 bits per heavy atom. The van der Waals surface area contributed by atoms with Crippen molar-refractivity contribution in [2.75, 3.05) is 18.4 Å². The van der Waals surface area contributed by atoms with E-state index in [1.54, 1.807) is 0 Å². The van der Waals surface area contributed by atoms with Gasteiger partial charge in [-0.15, -0.1) is 0 Å². The van der Waals surface area contributed by atoms with E-state index in [-0.39, 0.29) is 16.8 Å². The van der Waals surface area contributed by atoms with Crippen molar-refractivity contribution in [3.8, 4) is 5.75 Å². The Bertz CT molecular complexity index is 937. The van der Waals surface area contributed by atoms with Crippen molar-refractivity contribution in [2.45, 2.75) is 43.0 Å². The minimum atomic E-state index is -4.47. The second-order valence-electron chi connectivity index (χ2n) is 6.89. The molecule has 1 aliphatic heterocycles. The van der Waals surface area contributed by atoms with Gasteiger partial charge in [-0.05, 0) is 31.9 Å². The molecule has 3 rings (SSSR count). The number of hydrogen-bond acceptors (Lipinski definition) is 4. The van der Waals surface area contributed by atoms with Crippen LogP contribution in [0.15, 0.2) is 28.7 Å². The average molecular weight is 436 g/mol. The number of halogens is 3. The van der Waals surface area contributed by atoms with Gasteiger partial charge in [-0.1, -0.05) is 23.3 Å². The Labute approximate surface area is 166 Å². The molecule has 0 radical (unpaired) electrons. The van der Waals surface area contributed by atoms with Crippen molar-refractivity contribution in [2.24, 2.45) is 0 Å². The summed E-state index contributed by atoms with van der Waals surface area (Å²) < 4.78 is 52.9. The van der Waals surface area contributed by atoms with Crippen LogP contribution in [0.1, 0.15) is 26.2 Å². The van der Waals surface area contributed by atoms with E-state index in [0.717, 1.165) is 18.4 Å². The molecular formula is C17H20ClF2N3O4S. The number of urea groups is 1. The van der Waals surface area contributed by atoms with Crippen LogP contribution in [0.2, 0.25) is 5.02 Å². The maximum atomic E-state index is 13.4. The van der Waals surface area contributed by atoms with Gasteiger partial charge in [0.05, 0.1) is 23.3 Å². The number of nitrogens with zero attached hydrogens (tertiary/aromatic N) is 1. The molecule has 0 saturated carbocycles. The fraction of sp³-hybridized carbons (Fsp3) is 0.471. The molecule has 0 unspecified atom stereocenters. The predicted octanol–water partition coefficient (Wildman–Crippen LogP) is 3.31. The average Bonchev–Trinajstić information content (AvgIpc) is 3.16. The van der Waals surface area contributed by atoms with E-state index in [1.165, 1.54) is 12.1 Å². The molecule has 0 aromatic heterocycles. The first kappa shape index (κ1) is 20.8. The summed E-state index contributed by atoms with van der Waals surface area (Å²) in [5, 5.41) is 15.2. The summed E-state index contributed by atoms with van der Waals surface area (Å²) in [6.07, 6.45) is 2.97.